The van der Waals surface area contributed by atoms with E-state index in [1.807, 2.05) is 13.0 Å². The van der Waals surface area contributed by atoms with Crippen LogP contribution in [0.1, 0.15) is 53.4 Å². The summed E-state index contributed by atoms with van der Waals surface area (Å²) in [6.07, 6.45) is 20.9. The van der Waals surface area contributed by atoms with E-state index < -0.39 is 0 Å². The molecule has 1 heteroatoms. The van der Waals surface area contributed by atoms with E-state index in [2.05, 4.69) is 51.2 Å². The van der Waals surface area contributed by atoms with Crippen LogP contribution in [0.2, 0.25) is 0 Å². The fraction of sp³-hybridized carbons (Fsp3) is 0.500. The molecule has 0 aromatic heterocycles. The van der Waals surface area contributed by atoms with E-state index in [0.717, 1.165) is 17.8 Å². The summed E-state index contributed by atoms with van der Waals surface area (Å²) in [5.41, 5.74) is 4.27. The minimum Gasteiger partial charge on any atom is -0.299 e. The van der Waals surface area contributed by atoms with E-state index in [1.165, 1.54) is 36.8 Å². The lowest BCUT2D eigenvalue weighted by molar-refractivity contribution is -0.104. The fourth-order valence-electron chi connectivity index (χ4n) is 3.41. The maximum Gasteiger partial charge on any atom is 0.143 e. The van der Waals surface area contributed by atoms with Crippen molar-refractivity contribution in [2.45, 2.75) is 53.4 Å². The third-order valence-electron chi connectivity index (χ3n) is 5.10. The summed E-state index contributed by atoms with van der Waals surface area (Å²) in [5.74, 6) is 1.27. The first-order valence-corrected chi connectivity index (χ1v) is 8.79. The van der Waals surface area contributed by atoms with Crippen LogP contribution >= 0.6 is 0 Å². The predicted molar refractivity (Wildman–Crippen MR) is 99.2 cm³/mol. The van der Waals surface area contributed by atoms with Crippen molar-refractivity contribution in [3.63, 3.8) is 0 Å². The largest absolute Gasteiger partial charge is 0.299 e. The highest BCUT2D eigenvalue weighted by molar-refractivity contribution is 5.66. The third-order valence-corrected chi connectivity index (χ3v) is 5.10. The Labute approximate surface area is 141 Å². The van der Waals surface area contributed by atoms with Gasteiger partial charge in [0.2, 0.25) is 0 Å². The molecule has 0 radical (unpaired) electrons. The van der Waals surface area contributed by atoms with Gasteiger partial charge in [-0.25, -0.2) is 0 Å². The van der Waals surface area contributed by atoms with Gasteiger partial charge in [0.05, 0.1) is 0 Å². The number of hydrogen-bond donors (Lipinski definition) is 0. The maximum atomic E-state index is 10.5. The van der Waals surface area contributed by atoms with E-state index in [4.69, 9.17) is 0 Å². The first-order valence-electron chi connectivity index (χ1n) is 8.79. The number of carbonyl (C=O) groups is 1. The molecular formula is C22H30O. The maximum absolute atomic E-state index is 10.5. The van der Waals surface area contributed by atoms with E-state index in [1.54, 1.807) is 6.08 Å². The van der Waals surface area contributed by atoms with Gasteiger partial charge in [0, 0.05) is 5.92 Å². The van der Waals surface area contributed by atoms with Crippen LogP contribution in [0.25, 0.3) is 0 Å². The molecule has 1 atom stereocenters. The number of rotatable bonds is 6. The summed E-state index contributed by atoms with van der Waals surface area (Å²) < 4.78 is 0. The predicted octanol–water partition coefficient (Wildman–Crippen LogP) is 5.96. The molecule has 2 aliphatic rings. The second-order valence-electron chi connectivity index (χ2n) is 7.66. The molecular weight excluding hydrogens is 280 g/mol. The molecule has 1 saturated carbocycles. The lowest BCUT2D eigenvalue weighted by Gasteiger charge is -2.36. The first kappa shape index (κ1) is 17.7. The smallest absolute Gasteiger partial charge is 0.143 e. The molecule has 0 N–H and O–H groups in total. The van der Waals surface area contributed by atoms with Crippen LogP contribution in [0.15, 0.2) is 59.3 Å². The van der Waals surface area contributed by atoms with Crippen molar-refractivity contribution in [3.8, 4) is 0 Å². The van der Waals surface area contributed by atoms with Crippen molar-refractivity contribution < 1.29 is 4.79 Å². The van der Waals surface area contributed by atoms with Crippen LogP contribution < -0.4 is 0 Å². The Hall–Kier alpha value is -1.63. The fourth-order valence-corrected chi connectivity index (χ4v) is 3.41. The van der Waals surface area contributed by atoms with Gasteiger partial charge in [-0.15, -0.1) is 0 Å². The van der Waals surface area contributed by atoms with Gasteiger partial charge < -0.3 is 0 Å². The summed E-state index contributed by atoms with van der Waals surface area (Å²) in [7, 11) is 0. The van der Waals surface area contributed by atoms with E-state index in [9.17, 15) is 4.79 Å². The van der Waals surface area contributed by atoms with Gasteiger partial charge in [0.25, 0.3) is 0 Å². The van der Waals surface area contributed by atoms with Gasteiger partial charge in [-0.3, -0.25) is 4.79 Å². The SMILES string of the molecule is CC1=CCCC(C)(C)C1/C=C/C(=C/C=C/C(C)=C/C=O)C1CC1. The number of carbonyl (C=O) groups excluding carboxylic acids is 1. The zero-order valence-electron chi connectivity index (χ0n) is 15.0. The summed E-state index contributed by atoms with van der Waals surface area (Å²) in [6, 6.07) is 0. The number of allylic oxidation sites excluding steroid dienone is 10. The first-order chi connectivity index (χ1) is 10.9. The standard InChI is InChI=1S/C22H30O/c1-17(14-16-23)7-5-9-19(20-10-11-20)12-13-21-18(2)8-6-15-22(21,3)4/h5,7-9,12-14,16,20-21H,6,10-11,15H2,1-4H3/b7-5+,13-12+,17-14+,19-9-. The van der Waals surface area contributed by atoms with Gasteiger partial charge in [0.1, 0.15) is 6.29 Å². The van der Waals surface area contributed by atoms with Gasteiger partial charge >= 0.3 is 0 Å². The number of aldehydes is 1. The minimum absolute atomic E-state index is 0.350. The molecule has 1 fully saturated rings. The monoisotopic (exact) mass is 310 g/mol. The Balaban J connectivity index is 2.13. The summed E-state index contributed by atoms with van der Waals surface area (Å²) in [5, 5.41) is 0. The topological polar surface area (TPSA) is 17.1 Å². The average molecular weight is 310 g/mol. The normalized spacial score (nSPS) is 25.9. The van der Waals surface area contributed by atoms with Crippen molar-refractivity contribution >= 4 is 6.29 Å². The van der Waals surface area contributed by atoms with Crippen LogP contribution in [-0.2, 0) is 4.79 Å². The van der Waals surface area contributed by atoms with Crippen molar-refractivity contribution in [1.82, 2.24) is 0 Å². The zero-order valence-corrected chi connectivity index (χ0v) is 15.0. The Bertz CT molecular complexity index is 577. The quantitative estimate of drug-likeness (QED) is 0.256. The van der Waals surface area contributed by atoms with Crippen molar-refractivity contribution in [1.29, 1.82) is 0 Å². The zero-order chi connectivity index (χ0) is 16.9. The Morgan fingerprint density at radius 2 is 1.96 bits per heavy atom. The summed E-state index contributed by atoms with van der Waals surface area (Å²) >= 11 is 0. The third kappa shape index (κ3) is 5.20. The molecule has 0 aromatic carbocycles. The molecule has 0 bridgehead atoms. The van der Waals surface area contributed by atoms with Gasteiger partial charge in [-0.1, -0.05) is 55.9 Å². The van der Waals surface area contributed by atoms with Crippen LogP contribution in [-0.4, -0.2) is 6.29 Å². The van der Waals surface area contributed by atoms with Crippen LogP contribution in [0.4, 0.5) is 0 Å². The van der Waals surface area contributed by atoms with Crippen LogP contribution in [0.3, 0.4) is 0 Å². The molecule has 0 spiro atoms. The molecule has 0 aliphatic heterocycles. The highest BCUT2D eigenvalue weighted by atomic mass is 16.1. The Morgan fingerprint density at radius 3 is 2.57 bits per heavy atom. The second kappa shape index (κ2) is 7.77. The highest BCUT2D eigenvalue weighted by Gasteiger charge is 2.31. The minimum atomic E-state index is 0.350. The Kier molecular flexibility index (Phi) is 5.98. The number of hydrogen-bond acceptors (Lipinski definition) is 1. The van der Waals surface area contributed by atoms with Gasteiger partial charge in [-0.2, -0.15) is 0 Å². The molecule has 23 heavy (non-hydrogen) atoms. The van der Waals surface area contributed by atoms with Gasteiger partial charge in [-0.05, 0) is 68.1 Å². The van der Waals surface area contributed by atoms with E-state index in [0.29, 0.717) is 11.3 Å². The summed E-state index contributed by atoms with van der Waals surface area (Å²) in [4.78, 5) is 10.5. The lowest BCUT2D eigenvalue weighted by atomic mass is 9.68. The van der Waals surface area contributed by atoms with Gasteiger partial charge in [0.15, 0.2) is 0 Å². The molecule has 0 amide bonds. The van der Waals surface area contributed by atoms with Crippen molar-refractivity contribution in [3.05, 3.63) is 59.3 Å². The van der Waals surface area contributed by atoms with Crippen molar-refractivity contribution in [2.24, 2.45) is 17.3 Å². The van der Waals surface area contributed by atoms with Crippen LogP contribution in [0.5, 0.6) is 0 Å². The highest BCUT2D eigenvalue weighted by Crippen LogP contribution is 2.43. The summed E-state index contributed by atoms with van der Waals surface area (Å²) in [6.45, 7) is 8.98. The molecule has 1 nitrogen and oxygen atoms in total. The molecule has 0 heterocycles. The van der Waals surface area contributed by atoms with Crippen molar-refractivity contribution in [2.75, 3.05) is 0 Å². The average Bonchev–Trinajstić information content (AvgIpc) is 3.29. The molecule has 124 valence electrons. The molecule has 1 unspecified atom stereocenters. The molecule has 2 rings (SSSR count). The lowest BCUT2D eigenvalue weighted by Crippen LogP contribution is -2.26. The van der Waals surface area contributed by atoms with Crippen LogP contribution in [0, 0.1) is 17.3 Å². The van der Waals surface area contributed by atoms with E-state index in [-0.39, 0.29) is 0 Å². The Morgan fingerprint density at radius 1 is 1.22 bits per heavy atom. The second-order valence-corrected chi connectivity index (χ2v) is 7.66. The molecule has 0 aromatic rings. The molecule has 0 saturated heterocycles. The molecule has 2 aliphatic carbocycles. The van der Waals surface area contributed by atoms with E-state index >= 15 is 0 Å².